The minimum absolute atomic E-state index is 0.515. The van der Waals surface area contributed by atoms with E-state index in [4.69, 9.17) is 9.47 Å². The van der Waals surface area contributed by atoms with Crippen LogP contribution in [0.5, 0.6) is 11.5 Å². The number of ether oxygens (including phenoxy) is 2. The van der Waals surface area contributed by atoms with Crippen molar-refractivity contribution in [2.45, 2.75) is 25.4 Å². The fraction of sp³-hybridized carbons (Fsp3) is 0.333. The lowest BCUT2D eigenvalue weighted by atomic mass is 9.84. The Bertz CT molecular complexity index is 558. The molecule has 0 aliphatic carbocycles. The number of hydrogen-bond acceptors (Lipinski definition) is 3. The van der Waals surface area contributed by atoms with Gasteiger partial charge in [0.1, 0.15) is 17.1 Å². The summed E-state index contributed by atoms with van der Waals surface area (Å²) >= 11 is 0. The van der Waals surface area contributed by atoms with Crippen molar-refractivity contribution in [2.24, 2.45) is 0 Å². The highest BCUT2D eigenvalue weighted by Crippen LogP contribution is 2.41. The van der Waals surface area contributed by atoms with E-state index in [0.717, 1.165) is 5.56 Å². The molecule has 1 unspecified atom stereocenters. The first-order chi connectivity index (χ1) is 10.1. The van der Waals surface area contributed by atoms with Gasteiger partial charge in [-0.15, -0.1) is 0 Å². The quantitative estimate of drug-likeness (QED) is 0.882. The molecule has 2 rings (SSSR count). The molecule has 0 bridgehead atoms. The second kappa shape index (κ2) is 6.64. The third kappa shape index (κ3) is 3.19. The molecule has 21 heavy (non-hydrogen) atoms. The summed E-state index contributed by atoms with van der Waals surface area (Å²) < 4.78 is 10.9. The van der Waals surface area contributed by atoms with E-state index in [-0.39, 0.29) is 0 Å². The van der Waals surface area contributed by atoms with E-state index < -0.39 is 5.60 Å². The number of aliphatic hydroxyl groups is 1. The van der Waals surface area contributed by atoms with Crippen molar-refractivity contribution in [2.75, 3.05) is 14.2 Å². The van der Waals surface area contributed by atoms with Gasteiger partial charge in [-0.25, -0.2) is 0 Å². The summed E-state index contributed by atoms with van der Waals surface area (Å²) in [5, 5.41) is 11.2. The van der Waals surface area contributed by atoms with Crippen LogP contribution in [0.25, 0.3) is 0 Å². The first-order valence-electron chi connectivity index (χ1n) is 7.12. The molecule has 0 saturated heterocycles. The van der Waals surface area contributed by atoms with Crippen molar-refractivity contribution >= 4 is 0 Å². The van der Waals surface area contributed by atoms with Gasteiger partial charge in [0.2, 0.25) is 0 Å². The van der Waals surface area contributed by atoms with Crippen molar-refractivity contribution < 1.29 is 14.6 Å². The predicted molar refractivity (Wildman–Crippen MR) is 83.9 cm³/mol. The summed E-state index contributed by atoms with van der Waals surface area (Å²) in [5.41, 5.74) is 0.760. The summed E-state index contributed by atoms with van der Waals surface area (Å²) in [5.74, 6) is 1.30. The normalized spacial score (nSPS) is 13.5. The van der Waals surface area contributed by atoms with Crippen LogP contribution in [0.4, 0.5) is 0 Å². The molecular weight excluding hydrogens is 264 g/mol. The smallest absolute Gasteiger partial charge is 0.128 e. The molecule has 2 aromatic carbocycles. The number of benzene rings is 2. The van der Waals surface area contributed by atoms with Gasteiger partial charge in [-0.05, 0) is 24.1 Å². The van der Waals surface area contributed by atoms with Crippen molar-refractivity contribution in [3.8, 4) is 11.5 Å². The topological polar surface area (TPSA) is 38.7 Å². The third-order valence-corrected chi connectivity index (χ3v) is 3.82. The number of methoxy groups -OCH3 is 2. The van der Waals surface area contributed by atoms with Gasteiger partial charge < -0.3 is 14.6 Å². The molecule has 1 N–H and O–H groups in total. The second-order valence-electron chi connectivity index (χ2n) is 5.09. The van der Waals surface area contributed by atoms with Gasteiger partial charge >= 0.3 is 0 Å². The molecule has 3 nitrogen and oxygen atoms in total. The monoisotopic (exact) mass is 286 g/mol. The minimum Gasteiger partial charge on any atom is -0.496 e. The summed E-state index contributed by atoms with van der Waals surface area (Å²) in [4.78, 5) is 0. The highest BCUT2D eigenvalue weighted by Gasteiger charge is 2.34. The lowest BCUT2D eigenvalue weighted by Crippen LogP contribution is -2.29. The second-order valence-corrected chi connectivity index (χ2v) is 5.09. The molecule has 0 aromatic heterocycles. The van der Waals surface area contributed by atoms with Crippen LogP contribution in [0.3, 0.4) is 0 Å². The van der Waals surface area contributed by atoms with Gasteiger partial charge in [0, 0.05) is 6.42 Å². The average molecular weight is 286 g/mol. The fourth-order valence-electron chi connectivity index (χ4n) is 2.63. The maximum Gasteiger partial charge on any atom is 0.128 e. The van der Waals surface area contributed by atoms with Crippen molar-refractivity contribution in [3.63, 3.8) is 0 Å². The lowest BCUT2D eigenvalue weighted by molar-refractivity contribution is 0.0279. The molecule has 0 aliphatic heterocycles. The van der Waals surface area contributed by atoms with Gasteiger partial charge in [0.05, 0.1) is 19.8 Å². The molecule has 112 valence electrons. The van der Waals surface area contributed by atoms with E-state index in [0.29, 0.717) is 29.9 Å². The van der Waals surface area contributed by atoms with Crippen LogP contribution in [0.1, 0.15) is 24.5 Å². The van der Waals surface area contributed by atoms with E-state index in [1.54, 1.807) is 14.2 Å². The van der Waals surface area contributed by atoms with E-state index in [9.17, 15) is 5.11 Å². The van der Waals surface area contributed by atoms with E-state index in [1.807, 2.05) is 55.5 Å². The van der Waals surface area contributed by atoms with E-state index in [2.05, 4.69) is 0 Å². The molecule has 1 atom stereocenters. The summed E-state index contributed by atoms with van der Waals surface area (Å²) in [6.07, 6.45) is 1.08. The lowest BCUT2D eigenvalue weighted by Gasteiger charge is -2.30. The molecular formula is C18H22O3. The van der Waals surface area contributed by atoms with Gasteiger partial charge in [-0.1, -0.05) is 43.3 Å². The summed E-state index contributed by atoms with van der Waals surface area (Å²) in [6.45, 7) is 1.97. The Morgan fingerprint density at radius 2 is 1.48 bits per heavy atom. The Labute approximate surface area is 126 Å². The largest absolute Gasteiger partial charge is 0.496 e. The Kier molecular flexibility index (Phi) is 4.86. The molecule has 0 aliphatic rings. The van der Waals surface area contributed by atoms with Crippen LogP contribution < -0.4 is 9.47 Å². The van der Waals surface area contributed by atoms with Gasteiger partial charge in [-0.3, -0.25) is 0 Å². The zero-order valence-electron chi connectivity index (χ0n) is 12.8. The zero-order valence-corrected chi connectivity index (χ0v) is 12.8. The molecule has 0 fully saturated rings. The van der Waals surface area contributed by atoms with E-state index >= 15 is 0 Å². The maximum absolute atomic E-state index is 11.2. The SMILES string of the molecule is CCC(O)(Cc1ccccc1)c1c(OC)cccc1OC. The van der Waals surface area contributed by atoms with Crippen molar-refractivity contribution in [1.82, 2.24) is 0 Å². The highest BCUT2D eigenvalue weighted by molar-refractivity contribution is 5.49. The first kappa shape index (κ1) is 15.4. The molecule has 2 aromatic rings. The summed E-state index contributed by atoms with van der Waals surface area (Å²) in [6, 6.07) is 15.5. The molecule has 3 heteroatoms. The standard InChI is InChI=1S/C18H22O3/c1-4-18(19,13-14-9-6-5-7-10-14)17-15(20-2)11-8-12-16(17)21-3/h5-12,19H,4,13H2,1-3H3. The minimum atomic E-state index is -1.03. The Morgan fingerprint density at radius 3 is 1.95 bits per heavy atom. The third-order valence-electron chi connectivity index (χ3n) is 3.82. The maximum atomic E-state index is 11.2. The Hall–Kier alpha value is -2.00. The Balaban J connectivity index is 2.49. The van der Waals surface area contributed by atoms with Crippen LogP contribution in [0.15, 0.2) is 48.5 Å². The highest BCUT2D eigenvalue weighted by atomic mass is 16.5. The molecule has 0 saturated carbocycles. The van der Waals surface area contributed by atoms with Crippen molar-refractivity contribution in [3.05, 3.63) is 59.7 Å². The molecule has 0 radical (unpaired) electrons. The van der Waals surface area contributed by atoms with Gasteiger partial charge in [-0.2, -0.15) is 0 Å². The first-order valence-corrected chi connectivity index (χ1v) is 7.12. The fourth-order valence-corrected chi connectivity index (χ4v) is 2.63. The van der Waals surface area contributed by atoms with Crippen LogP contribution >= 0.6 is 0 Å². The summed E-state index contributed by atoms with van der Waals surface area (Å²) in [7, 11) is 3.22. The molecule has 0 amide bonds. The number of hydrogen-bond donors (Lipinski definition) is 1. The Morgan fingerprint density at radius 1 is 0.905 bits per heavy atom. The van der Waals surface area contributed by atoms with Crippen LogP contribution in [0, 0.1) is 0 Å². The molecule has 0 heterocycles. The predicted octanol–water partition coefficient (Wildman–Crippen LogP) is 3.54. The van der Waals surface area contributed by atoms with E-state index in [1.165, 1.54) is 0 Å². The average Bonchev–Trinajstić information content (AvgIpc) is 2.54. The van der Waals surface area contributed by atoms with Gasteiger partial charge in [0.25, 0.3) is 0 Å². The van der Waals surface area contributed by atoms with Crippen LogP contribution in [-0.2, 0) is 12.0 Å². The zero-order chi connectivity index (χ0) is 15.3. The van der Waals surface area contributed by atoms with Gasteiger partial charge in [0.15, 0.2) is 0 Å². The molecule has 0 spiro atoms. The van der Waals surface area contributed by atoms with Crippen LogP contribution in [-0.4, -0.2) is 19.3 Å². The number of rotatable bonds is 6. The van der Waals surface area contributed by atoms with Crippen molar-refractivity contribution in [1.29, 1.82) is 0 Å². The van der Waals surface area contributed by atoms with Crippen LogP contribution in [0.2, 0.25) is 0 Å².